The Bertz CT molecular complexity index is 822. The Hall–Kier alpha value is -1.70. The zero-order valence-corrected chi connectivity index (χ0v) is 16.5. The Morgan fingerprint density at radius 3 is 2.50 bits per heavy atom. The van der Waals surface area contributed by atoms with E-state index in [-0.39, 0.29) is 5.91 Å². The van der Waals surface area contributed by atoms with E-state index in [0.717, 1.165) is 43.5 Å². The van der Waals surface area contributed by atoms with Gasteiger partial charge in [-0.3, -0.25) is 4.79 Å². The van der Waals surface area contributed by atoms with Gasteiger partial charge in [-0.25, -0.2) is 13.1 Å². The van der Waals surface area contributed by atoms with Gasteiger partial charge in [0.2, 0.25) is 10.0 Å². The summed E-state index contributed by atoms with van der Waals surface area (Å²) in [5, 5.41) is 1.76. The minimum absolute atomic E-state index is 0.0850. The summed E-state index contributed by atoms with van der Waals surface area (Å²) in [5.74, 6) is 0.532. The predicted molar refractivity (Wildman–Crippen MR) is 104 cm³/mol. The molecule has 2 aromatic rings. The van der Waals surface area contributed by atoms with Crippen molar-refractivity contribution in [3.8, 4) is 0 Å². The van der Waals surface area contributed by atoms with Gasteiger partial charge in [0.25, 0.3) is 5.91 Å². The normalized spacial score (nSPS) is 16.0. The van der Waals surface area contributed by atoms with E-state index in [1.165, 1.54) is 11.3 Å². The third-order valence-electron chi connectivity index (χ3n) is 4.80. The van der Waals surface area contributed by atoms with Crippen LogP contribution in [0.15, 0.2) is 46.0 Å². The second-order valence-corrected chi connectivity index (χ2v) is 9.66. The zero-order valence-electron chi connectivity index (χ0n) is 14.8. The molecule has 5 nitrogen and oxygen atoms in total. The Morgan fingerprint density at radius 2 is 1.88 bits per heavy atom. The van der Waals surface area contributed by atoms with Gasteiger partial charge in [-0.15, -0.1) is 11.3 Å². The number of rotatable bonds is 6. The van der Waals surface area contributed by atoms with Crippen molar-refractivity contribution in [3.63, 3.8) is 0 Å². The number of thiophene rings is 1. The van der Waals surface area contributed by atoms with Crippen LogP contribution in [-0.4, -0.2) is 38.9 Å². The lowest BCUT2D eigenvalue weighted by Crippen LogP contribution is -2.39. The molecule has 1 fully saturated rings. The van der Waals surface area contributed by atoms with Crippen LogP contribution >= 0.6 is 11.3 Å². The van der Waals surface area contributed by atoms with Crippen molar-refractivity contribution in [2.24, 2.45) is 5.92 Å². The monoisotopic (exact) mass is 392 g/mol. The fourth-order valence-electron chi connectivity index (χ4n) is 3.19. The zero-order chi connectivity index (χ0) is 18.6. The summed E-state index contributed by atoms with van der Waals surface area (Å²) >= 11 is 1.22. The van der Waals surface area contributed by atoms with Gasteiger partial charge in [0, 0.05) is 25.2 Å². The molecule has 26 heavy (non-hydrogen) atoms. The largest absolute Gasteiger partial charge is 0.339 e. The number of hydrogen-bond donors (Lipinski definition) is 1. The smallest absolute Gasteiger partial charge is 0.253 e. The lowest BCUT2D eigenvalue weighted by Gasteiger charge is -2.32. The first-order valence-corrected chi connectivity index (χ1v) is 11.2. The molecule has 3 rings (SSSR count). The second kappa shape index (κ2) is 8.33. The van der Waals surface area contributed by atoms with E-state index in [9.17, 15) is 13.2 Å². The van der Waals surface area contributed by atoms with Crippen molar-refractivity contribution in [2.45, 2.75) is 30.4 Å². The SMILES string of the molecule is Cc1ccc(C(=O)N2CCC(CCNS(=O)(=O)c3cccs3)CC2)cc1. The first kappa shape index (κ1) is 19.1. The van der Waals surface area contributed by atoms with Gasteiger partial charge in [-0.1, -0.05) is 23.8 Å². The summed E-state index contributed by atoms with van der Waals surface area (Å²) in [6.07, 6.45) is 2.63. The number of aryl methyl sites for hydroxylation is 1. The molecule has 1 aromatic heterocycles. The van der Waals surface area contributed by atoms with Gasteiger partial charge < -0.3 is 4.90 Å². The number of sulfonamides is 1. The Kier molecular flexibility index (Phi) is 6.11. The Balaban J connectivity index is 1.44. The molecular weight excluding hydrogens is 368 g/mol. The number of carbonyl (C=O) groups is 1. The van der Waals surface area contributed by atoms with Crippen molar-refractivity contribution in [3.05, 3.63) is 52.9 Å². The first-order valence-electron chi connectivity index (χ1n) is 8.85. The van der Waals surface area contributed by atoms with Crippen LogP contribution in [0.1, 0.15) is 35.2 Å². The van der Waals surface area contributed by atoms with E-state index < -0.39 is 10.0 Å². The molecule has 0 aliphatic carbocycles. The van der Waals surface area contributed by atoms with Gasteiger partial charge in [0.15, 0.2) is 0 Å². The molecular formula is C19H24N2O3S2. The summed E-state index contributed by atoms with van der Waals surface area (Å²) < 4.78 is 27.2. The van der Waals surface area contributed by atoms with Gasteiger partial charge >= 0.3 is 0 Å². The third-order valence-corrected chi connectivity index (χ3v) is 7.66. The molecule has 1 aliphatic rings. The number of nitrogens with one attached hydrogen (secondary N) is 1. The number of amides is 1. The summed E-state index contributed by atoms with van der Waals surface area (Å²) in [5.41, 5.74) is 1.88. The highest BCUT2D eigenvalue weighted by atomic mass is 32.2. The van der Waals surface area contributed by atoms with Crippen molar-refractivity contribution in [2.75, 3.05) is 19.6 Å². The van der Waals surface area contributed by atoms with Gasteiger partial charge in [0.1, 0.15) is 4.21 Å². The van der Waals surface area contributed by atoms with Crippen molar-refractivity contribution in [1.29, 1.82) is 0 Å². The first-order chi connectivity index (χ1) is 12.5. The standard InChI is InChI=1S/C19H24N2O3S2/c1-15-4-6-17(7-5-15)19(22)21-12-9-16(10-13-21)8-11-20-26(23,24)18-3-2-14-25-18/h2-7,14,16,20H,8-13H2,1H3. The number of carbonyl (C=O) groups excluding carboxylic acids is 1. The molecule has 0 bridgehead atoms. The van der Waals surface area contributed by atoms with Crippen LogP contribution in [-0.2, 0) is 10.0 Å². The van der Waals surface area contributed by atoms with Crippen LogP contribution in [0.2, 0.25) is 0 Å². The second-order valence-electron chi connectivity index (χ2n) is 6.72. The van der Waals surface area contributed by atoms with Crippen LogP contribution in [0, 0.1) is 12.8 Å². The molecule has 1 saturated heterocycles. The van der Waals surface area contributed by atoms with Crippen LogP contribution < -0.4 is 4.72 Å². The molecule has 0 radical (unpaired) electrons. The van der Waals surface area contributed by atoms with E-state index in [4.69, 9.17) is 0 Å². The van der Waals surface area contributed by atoms with E-state index >= 15 is 0 Å². The van der Waals surface area contributed by atoms with Crippen molar-refractivity contribution in [1.82, 2.24) is 9.62 Å². The van der Waals surface area contributed by atoms with Crippen LogP contribution in [0.25, 0.3) is 0 Å². The third kappa shape index (κ3) is 4.72. The number of likely N-dealkylation sites (tertiary alicyclic amines) is 1. The van der Waals surface area contributed by atoms with Gasteiger partial charge in [-0.05, 0) is 55.7 Å². The number of nitrogens with zero attached hydrogens (tertiary/aromatic N) is 1. The average molecular weight is 393 g/mol. The van der Waals surface area contributed by atoms with E-state index in [1.807, 2.05) is 36.1 Å². The minimum atomic E-state index is -3.38. The molecule has 1 amide bonds. The maximum atomic E-state index is 12.5. The minimum Gasteiger partial charge on any atom is -0.339 e. The Labute approximate surface area is 159 Å². The van der Waals surface area contributed by atoms with Crippen molar-refractivity contribution >= 4 is 27.3 Å². The van der Waals surface area contributed by atoms with Crippen LogP contribution in [0.5, 0.6) is 0 Å². The topological polar surface area (TPSA) is 66.5 Å². The van der Waals surface area contributed by atoms with Gasteiger partial charge in [-0.2, -0.15) is 0 Å². The number of benzene rings is 1. The number of piperidine rings is 1. The molecule has 0 atom stereocenters. The molecule has 0 unspecified atom stereocenters. The molecule has 0 spiro atoms. The lowest BCUT2D eigenvalue weighted by atomic mass is 9.93. The number of hydrogen-bond acceptors (Lipinski definition) is 4. The van der Waals surface area contributed by atoms with E-state index in [0.29, 0.717) is 16.7 Å². The highest BCUT2D eigenvalue weighted by molar-refractivity contribution is 7.91. The van der Waals surface area contributed by atoms with Crippen LogP contribution in [0.3, 0.4) is 0 Å². The molecule has 1 aromatic carbocycles. The predicted octanol–water partition coefficient (Wildman–Crippen LogP) is 3.28. The van der Waals surface area contributed by atoms with Gasteiger partial charge in [0.05, 0.1) is 0 Å². The summed E-state index contributed by atoms with van der Waals surface area (Å²) in [6.45, 7) is 3.91. The highest BCUT2D eigenvalue weighted by Crippen LogP contribution is 2.22. The van der Waals surface area contributed by atoms with Crippen LogP contribution in [0.4, 0.5) is 0 Å². The maximum absolute atomic E-state index is 12.5. The summed E-state index contributed by atoms with van der Waals surface area (Å²) in [6, 6.07) is 11.0. The summed E-state index contributed by atoms with van der Waals surface area (Å²) in [4.78, 5) is 14.4. The van der Waals surface area contributed by atoms with E-state index in [2.05, 4.69) is 4.72 Å². The average Bonchev–Trinajstić information content (AvgIpc) is 3.18. The summed E-state index contributed by atoms with van der Waals surface area (Å²) in [7, 11) is -3.38. The molecule has 1 N–H and O–H groups in total. The highest BCUT2D eigenvalue weighted by Gasteiger charge is 2.24. The molecule has 2 heterocycles. The fourth-order valence-corrected chi connectivity index (χ4v) is 5.27. The molecule has 7 heteroatoms. The Morgan fingerprint density at radius 1 is 1.19 bits per heavy atom. The van der Waals surface area contributed by atoms with Crippen molar-refractivity contribution < 1.29 is 13.2 Å². The fraction of sp³-hybridized carbons (Fsp3) is 0.421. The molecule has 140 valence electrons. The maximum Gasteiger partial charge on any atom is 0.253 e. The lowest BCUT2D eigenvalue weighted by molar-refractivity contribution is 0.0687. The molecule has 1 aliphatic heterocycles. The quantitative estimate of drug-likeness (QED) is 0.820. The van der Waals surface area contributed by atoms with E-state index in [1.54, 1.807) is 17.5 Å². The molecule has 0 saturated carbocycles.